The quantitative estimate of drug-likeness (QED) is 0.0513. The minimum atomic E-state index is -0.0874. The molecular formula is C93H161F2N. The number of hydrogen-bond donors (Lipinski definition) is 0. The van der Waals surface area contributed by atoms with E-state index in [-0.39, 0.29) is 27.9 Å². The van der Waals surface area contributed by atoms with Crippen LogP contribution in [0.1, 0.15) is 400 Å². The third-order valence-electron chi connectivity index (χ3n) is 21.5. The van der Waals surface area contributed by atoms with E-state index in [0.717, 1.165) is 77.6 Å². The van der Waals surface area contributed by atoms with E-state index in [9.17, 15) is 8.78 Å². The normalized spacial score (nSPS) is 10.8. The predicted molar refractivity (Wildman–Crippen MR) is 437 cm³/mol. The van der Waals surface area contributed by atoms with Crippen LogP contribution < -0.4 is 0 Å². The van der Waals surface area contributed by atoms with Gasteiger partial charge in [-0.1, -0.05) is 359 Å². The van der Waals surface area contributed by atoms with Crippen molar-refractivity contribution in [2.75, 3.05) is 0 Å². The van der Waals surface area contributed by atoms with Gasteiger partial charge in [-0.3, -0.25) is 0 Å². The maximum absolute atomic E-state index is 13.6. The summed E-state index contributed by atoms with van der Waals surface area (Å²) >= 11 is 0. The third-order valence-corrected chi connectivity index (χ3v) is 21.5. The maximum Gasteiger partial charge on any atom is 0.190 e. The number of nitrogens with zero attached hydrogens (tertiary/aromatic N) is 1. The second kappa shape index (κ2) is 58.3. The van der Waals surface area contributed by atoms with Crippen LogP contribution in [0.25, 0.3) is 4.85 Å². The molecule has 0 aromatic heterocycles. The fourth-order valence-electron chi connectivity index (χ4n) is 10.4. The molecule has 0 unspecified atom stereocenters. The SMILES string of the molecule is CCC(C)(CC)c1cc(C)c(C)c(F)c1.CCC(C)(CC)c1ccc(C)c(C)c1.CCC(C)(CC)c1ccc(C)c(F)c1.CCC(C)(CC)c1ccc(C)cc1.CCCCC.CCCCC.CCCCC.CCCCC.CCCCC.[C-]#[N+]c1cc(C(C)(CC)CC)ccc1C. The number of hydrogen-bond acceptors (Lipinski definition) is 0. The number of halogens is 2. The smallest absolute Gasteiger partial charge is 0.190 e. The highest BCUT2D eigenvalue weighted by molar-refractivity contribution is 5.54. The first-order valence-electron chi connectivity index (χ1n) is 39.4. The summed E-state index contributed by atoms with van der Waals surface area (Å²) in [6.45, 7) is 76.9. The van der Waals surface area contributed by atoms with E-state index in [0.29, 0.717) is 10.8 Å². The second-order valence-electron chi connectivity index (χ2n) is 28.7. The van der Waals surface area contributed by atoms with Gasteiger partial charge in [-0.15, -0.1) is 0 Å². The number of rotatable bonds is 25. The summed E-state index contributed by atoms with van der Waals surface area (Å²) in [6, 6.07) is 31.5. The fraction of sp³-hybridized carbons (Fsp3) is 0.667. The van der Waals surface area contributed by atoms with Gasteiger partial charge >= 0.3 is 0 Å². The maximum atomic E-state index is 13.6. The molecule has 1 nitrogen and oxygen atoms in total. The van der Waals surface area contributed by atoms with E-state index >= 15 is 0 Å². The number of unbranched alkanes of at least 4 members (excludes halogenated alkanes) is 10. The Morgan fingerprint density at radius 3 is 0.792 bits per heavy atom. The summed E-state index contributed by atoms with van der Waals surface area (Å²) in [6.07, 6.45) is 31.7. The average Bonchev–Trinajstić information content (AvgIpc) is 0.951. The van der Waals surface area contributed by atoms with Gasteiger partial charge < -0.3 is 0 Å². The van der Waals surface area contributed by atoms with Crippen LogP contribution in [0.3, 0.4) is 0 Å². The molecule has 0 bridgehead atoms. The molecule has 0 saturated carbocycles. The molecule has 5 aromatic rings. The van der Waals surface area contributed by atoms with Gasteiger partial charge in [0.25, 0.3) is 0 Å². The zero-order valence-corrected chi connectivity index (χ0v) is 70.0. The minimum absolute atomic E-state index is 0.0712. The van der Waals surface area contributed by atoms with Crippen molar-refractivity contribution in [1.29, 1.82) is 0 Å². The first kappa shape index (κ1) is 100. The molecular weight excluding hydrogens is 1170 g/mol. The highest BCUT2D eigenvalue weighted by Crippen LogP contribution is 2.37. The Labute approximate surface area is 601 Å². The van der Waals surface area contributed by atoms with Gasteiger partial charge in [0, 0.05) is 0 Å². The Hall–Kier alpha value is -4.55. The van der Waals surface area contributed by atoms with E-state index in [4.69, 9.17) is 6.57 Å². The van der Waals surface area contributed by atoms with E-state index < -0.39 is 0 Å². The van der Waals surface area contributed by atoms with Crippen LogP contribution in [-0.2, 0) is 27.1 Å². The van der Waals surface area contributed by atoms with Crippen LogP contribution in [0.5, 0.6) is 0 Å². The molecule has 0 amide bonds. The molecule has 5 rings (SSSR count). The molecule has 0 spiro atoms. The van der Waals surface area contributed by atoms with Crippen molar-refractivity contribution in [1.82, 2.24) is 0 Å². The van der Waals surface area contributed by atoms with Crippen molar-refractivity contribution in [3.63, 3.8) is 0 Å². The lowest BCUT2D eigenvalue weighted by Gasteiger charge is -2.28. The van der Waals surface area contributed by atoms with Crippen molar-refractivity contribution in [2.24, 2.45) is 0 Å². The summed E-state index contributed by atoms with van der Waals surface area (Å²) in [4.78, 5) is 3.56. The van der Waals surface area contributed by atoms with E-state index in [1.54, 1.807) is 19.1 Å². The predicted octanol–water partition coefficient (Wildman–Crippen LogP) is 32.8. The number of benzene rings is 5. The molecule has 0 saturated heterocycles. The van der Waals surface area contributed by atoms with Crippen molar-refractivity contribution in [3.8, 4) is 0 Å². The van der Waals surface area contributed by atoms with Gasteiger partial charge in [0.05, 0.1) is 6.57 Å². The molecule has 552 valence electrons. The summed E-state index contributed by atoms with van der Waals surface area (Å²) in [5.74, 6) is -0.159. The molecule has 0 radical (unpaired) electrons. The van der Waals surface area contributed by atoms with Gasteiger partial charge in [0.1, 0.15) is 11.6 Å². The molecule has 3 heteroatoms. The van der Waals surface area contributed by atoms with Crippen LogP contribution in [-0.4, -0.2) is 0 Å². The zero-order valence-electron chi connectivity index (χ0n) is 70.0. The van der Waals surface area contributed by atoms with Crippen molar-refractivity contribution >= 4 is 5.69 Å². The highest BCUT2D eigenvalue weighted by atomic mass is 19.1. The first-order valence-corrected chi connectivity index (χ1v) is 39.4. The molecule has 0 atom stereocenters. The Morgan fingerprint density at radius 1 is 0.271 bits per heavy atom. The molecule has 0 aliphatic carbocycles. The Morgan fingerprint density at radius 2 is 0.521 bits per heavy atom. The van der Waals surface area contributed by atoms with Crippen LogP contribution in [0.15, 0.2) is 91.0 Å². The lowest BCUT2D eigenvalue weighted by atomic mass is 9.77. The highest BCUT2D eigenvalue weighted by Gasteiger charge is 2.26. The largest absolute Gasteiger partial charge is 0.238 e. The zero-order chi connectivity index (χ0) is 75.2. The van der Waals surface area contributed by atoms with Gasteiger partial charge in [0.2, 0.25) is 0 Å². The molecule has 0 aliphatic rings. The van der Waals surface area contributed by atoms with E-state index in [1.807, 2.05) is 32.9 Å². The van der Waals surface area contributed by atoms with E-state index in [2.05, 4.69) is 265 Å². The van der Waals surface area contributed by atoms with Crippen LogP contribution in [0.2, 0.25) is 0 Å². The van der Waals surface area contributed by atoms with Crippen LogP contribution in [0, 0.1) is 66.7 Å². The van der Waals surface area contributed by atoms with Crippen molar-refractivity contribution in [3.05, 3.63) is 181 Å². The summed E-state index contributed by atoms with van der Waals surface area (Å²) in [5.41, 5.74) is 16.3. The molecule has 0 fully saturated rings. The van der Waals surface area contributed by atoms with Crippen molar-refractivity contribution < 1.29 is 8.78 Å². The minimum Gasteiger partial charge on any atom is -0.238 e. The van der Waals surface area contributed by atoms with Crippen LogP contribution >= 0.6 is 0 Å². The van der Waals surface area contributed by atoms with Crippen molar-refractivity contribution in [2.45, 2.75) is 409 Å². The molecule has 0 N–H and O–H groups in total. The number of aryl methyl sites for hydroxylation is 6. The standard InChI is InChI=1S/C14H21F.C14H19N.C14H22.C13H19F.C13H20.5C5H12/c1-6-14(5,7-2)12-8-10(3)11(4)13(15)9-12;1-6-14(4,7-2)12-9-8-11(3)13(10-12)15-5;1-6-14(5,7-2)13-9-8-11(3)12(4)10-13;1-5-13(4,6-2)11-8-7-10(3)12(14)9-11;1-5-13(4,6-2)12-9-7-11(3)8-10-12;5*1-3-5-4-2/h8-9H,6-7H2,1-5H3;8-10H,6-7H2,1-4H3;8-10H,6-7H2,1-5H3;7-9H,5-6H2,1-4H3;7-10H,5-6H2,1-4H3;5*3-5H2,1-2H3. The molecule has 0 heterocycles. The average molecular weight is 1330 g/mol. The van der Waals surface area contributed by atoms with Gasteiger partial charge in [-0.25, -0.2) is 13.6 Å². The Kier molecular flexibility index (Phi) is 60.8. The van der Waals surface area contributed by atoms with E-state index in [1.165, 1.54) is 155 Å². The molecule has 96 heavy (non-hydrogen) atoms. The summed E-state index contributed by atoms with van der Waals surface area (Å²) in [7, 11) is 0. The summed E-state index contributed by atoms with van der Waals surface area (Å²) in [5, 5.41) is 0. The molecule has 5 aromatic carbocycles. The summed E-state index contributed by atoms with van der Waals surface area (Å²) < 4.78 is 27.0. The second-order valence-corrected chi connectivity index (χ2v) is 28.7. The lowest BCUT2D eigenvalue weighted by molar-refractivity contribution is 0.435. The van der Waals surface area contributed by atoms with Gasteiger partial charge in [-0.2, -0.15) is 0 Å². The molecule has 0 aliphatic heterocycles. The monoisotopic (exact) mass is 1330 g/mol. The van der Waals surface area contributed by atoms with Gasteiger partial charge in [-0.05, 0) is 208 Å². The Bertz CT molecular complexity index is 2520. The Balaban J connectivity index is -0.000000330. The third kappa shape index (κ3) is 39.9. The first-order chi connectivity index (χ1) is 45.3. The lowest BCUT2D eigenvalue weighted by Crippen LogP contribution is -2.20. The van der Waals surface area contributed by atoms with Crippen LogP contribution in [0.4, 0.5) is 14.5 Å². The topological polar surface area (TPSA) is 4.36 Å². The van der Waals surface area contributed by atoms with Gasteiger partial charge in [0.15, 0.2) is 5.69 Å². The fourth-order valence-corrected chi connectivity index (χ4v) is 10.4.